The summed E-state index contributed by atoms with van der Waals surface area (Å²) < 4.78 is 4.97. The van der Waals surface area contributed by atoms with Crippen molar-refractivity contribution in [2.45, 2.75) is 57.6 Å². The molecule has 0 unspecified atom stereocenters. The summed E-state index contributed by atoms with van der Waals surface area (Å²) in [5, 5.41) is 12.3. The van der Waals surface area contributed by atoms with E-state index in [4.69, 9.17) is 4.74 Å². The molecule has 0 aliphatic heterocycles. The highest BCUT2D eigenvalue weighted by molar-refractivity contribution is 5.67. The summed E-state index contributed by atoms with van der Waals surface area (Å²) in [6.07, 6.45) is 4.84. The highest BCUT2D eigenvalue weighted by Gasteiger charge is 2.24. The summed E-state index contributed by atoms with van der Waals surface area (Å²) >= 11 is 0. The number of hydrogen-bond acceptors (Lipinski definition) is 3. The minimum Gasteiger partial charge on any atom is -0.450 e. The highest BCUT2D eigenvalue weighted by Crippen LogP contribution is 2.18. The van der Waals surface area contributed by atoms with Gasteiger partial charge in [-0.1, -0.05) is 26.2 Å². The lowest BCUT2D eigenvalue weighted by molar-refractivity contribution is 0.0795. The molecule has 0 aromatic heterocycles. The zero-order valence-electron chi connectivity index (χ0n) is 9.37. The number of aliphatic hydroxyl groups excluding tert-OH is 1. The van der Waals surface area contributed by atoms with Gasteiger partial charge in [-0.15, -0.1) is 0 Å². The van der Waals surface area contributed by atoms with Crippen LogP contribution < -0.4 is 5.32 Å². The van der Waals surface area contributed by atoms with E-state index >= 15 is 0 Å². The molecule has 0 heterocycles. The van der Waals surface area contributed by atoms with Crippen molar-refractivity contribution in [3.63, 3.8) is 0 Å². The fourth-order valence-electron chi connectivity index (χ4n) is 1.78. The van der Waals surface area contributed by atoms with E-state index in [1.165, 1.54) is 0 Å². The van der Waals surface area contributed by atoms with Crippen molar-refractivity contribution in [3.05, 3.63) is 0 Å². The van der Waals surface area contributed by atoms with E-state index in [1.54, 1.807) is 0 Å². The number of aliphatic hydroxyl groups is 1. The van der Waals surface area contributed by atoms with Crippen LogP contribution >= 0.6 is 0 Å². The van der Waals surface area contributed by atoms with Gasteiger partial charge in [0.2, 0.25) is 0 Å². The molecule has 2 N–H and O–H groups in total. The number of carbonyl (C=O) groups is 1. The topological polar surface area (TPSA) is 58.6 Å². The van der Waals surface area contributed by atoms with Crippen LogP contribution in [0.4, 0.5) is 4.79 Å². The van der Waals surface area contributed by atoms with Gasteiger partial charge in [-0.3, -0.25) is 0 Å². The van der Waals surface area contributed by atoms with Crippen LogP contribution in [0, 0.1) is 0 Å². The maximum atomic E-state index is 11.3. The van der Waals surface area contributed by atoms with E-state index in [9.17, 15) is 9.90 Å². The Morgan fingerprint density at radius 1 is 1.47 bits per heavy atom. The standard InChI is InChI=1S/C11H21NO3/c1-2-3-8-15-11(14)12-9-6-4-5-7-10(9)13/h9-10,13H,2-8H2,1H3,(H,12,14)/t9-,10-/m1/s1. The summed E-state index contributed by atoms with van der Waals surface area (Å²) in [6, 6.07) is -0.118. The monoisotopic (exact) mass is 215 g/mol. The Balaban J connectivity index is 2.18. The van der Waals surface area contributed by atoms with Crippen molar-refractivity contribution in [1.82, 2.24) is 5.32 Å². The molecular weight excluding hydrogens is 194 g/mol. The molecule has 1 fully saturated rings. The van der Waals surface area contributed by atoms with E-state index in [0.717, 1.165) is 38.5 Å². The van der Waals surface area contributed by atoms with Crippen LogP contribution in [0.25, 0.3) is 0 Å². The maximum Gasteiger partial charge on any atom is 0.407 e. The third kappa shape index (κ3) is 4.51. The summed E-state index contributed by atoms with van der Waals surface area (Å²) in [6.45, 7) is 2.51. The minimum atomic E-state index is -0.405. The van der Waals surface area contributed by atoms with E-state index in [-0.39, 0.29) is 6.04 Å². The Morgan fingerprint density at radius 3 is 2.87 bits per heavy atom. The van der Waals surface area contributed by atoms with E-state index in [0.29, 0.717) is 6.61 Å². The third-order valence-corrected chi connectivity index (χ3v) is 2.76. The first-order chi connectivity index (χ1) is 7.24. The van der Waals surface area contributed by atoms with Gasteiger partial charge < -0.3 is 15.2 Å². The lowest BCUT2D eigenvalue weighted by atomic mass is 9.93. The van der Waals surface area contributed by atoms with Crippen molar-refractivity contribution in [2.75, 3.05) is 6.61 Å². The largest absolute Gasteiger partial charge is 0.450 e. The minimum absolute atomic E-state index is 0.118. The Kier molecular flexibility index (Phi) is 5.47. The van der Waals surface area contributed by atoms with Crippen LogP contribution in [0.5, 0.6) is 0 Å². The normalized spacial score (nSPS) is 26.0. The molecule has 4 heteroatoms. The van der Waals surface area contributed by atoms with Crippen LogP contribution in [-0.2, 0) is 4.74 Å². The molecule has 2 atom stereocenters. The van der Waals surface area contributed by atoms with Crippen molar-refractivity contribution in [1.29, 1.82) is 0 Å². The van der Waals surface area contributed by atoms with Crippen molar-refractivity contribution >= 4 is 6.09 Å². The highest BCUT2D eigenvalue weighted by atomic mass is 16.5. The molecule has 0 aromatic rings. The first kappa shape index (κ1) is 12.3. The molecule has 1 saturated carbocycles. The van der Waals surface area contributed by atoms with Crippen LogP contribution in [-0.4, -0.2) is 30.0 Å². The molecule has 0 aromatic carbocycles. The molecule has 0 saturated heterocycles. The molecule has 88 valence electrons. The maximum absolute atomic E-state index is 11.3. The molecule has 0 bridgehead atoms. The van der Waals surface area contributed by atoms with E-state index in [1.807, 2.05) is 6.92 Å². The van der Waals surface area contributed by atoms with E-state index < -0.39 is 12.2 Å². The second kappa shape index (κ2) is 6.67. The molecule has 1 rings (SSSR count). The fourth-order valence-corrected chi connectivity index (χ4v) is 1.78. The van der Waals surface area contributed by atoms with E-state index in [2.05, 4.69) is 5.32 Å². The molecule has 1 amide bonds. The van der Waals surface area contributed by atoms with Crippen LogP contribution in [0.3, 0.4) is 0 Å². The van der Waals surface area contributed by atoms with Gasteiger partial charge in [-0.25, -0.2) is 4.79 Å². The second-order valence-corrected chi connectivity index (χ2v) is 4.09. The van der Waals surface area contributed by atoms with Crippen LogP contribution in [0.2, 0.25) is 0 Å². The number of unbranched alkanes of at least 4 members (excludes halogenated alkanes) is 1. The Bertz CT molecular complexity index is 196. The summed E-state index contributed by atoms with van der Waals surface area (Å²) in [4.78, 5) is 11.3. The molecule has 0 radical (unpaired) electrons. The number of ether oxygens (including phenoxy) is 1. The Labute approximate surface area is 91.0 Å². The summed E-state index contributed by atoms with van der Waals surface area (Å²) in [5.41, 5.74) is 0. The smallest absolute Gasteiger partial charge is 0.407 e. The van der Waals surface area contributed by atoms with Gasteiger partial charge in [0.25, 0.3) is 0 Å². The number of amides is 1. The third-order valence-electron chi connectivity index (χ3n) is 2.76. The average molecular weight is 215 g/mol. The number of carbonyl (C=O) groups excluding carboxylic acids is 1. The molecular formula is C11H21NO3. The molecule has 15 heavy (non-hydrogen) atoms. The second-order valence-electron chi connectivity index (χ2n) is 4.09. The Morgan fingerprint density at radius 2 is 2.20 bits per heavy atom. The van der Waals surface area contributed by atoms with Crippen LogP contribution in [0.15, 0.2) is 0 Å². The molecule has 1 aliphatic rings. The summed E-state index contributed by atoms with van der Waals surface area (Å²) in [5.74, 6) is 0. The molecule has 4 nitrogen and oxygen atoms in total. The first-order valence-electron chi connectivity index (χ1n) is 5.85. The number of nitrogens with one attached hydrogen (secondary N) is 1. The first-order valence-corrected chi connectivity index (χ1v) is 5.85. The van der Waals surface area contributed by atoms with Crippen molar-refractivity contribution < 1.29 is 14.6 Å². The lowest BCUT2D eigenvalue weighted by Crippen LogP contribution is -2.45. The van der Waals surface area contributed by atoms with Gasteiger partial charge in [0, 0.05) is 0 Å². The average Bonchev–Trinajstić information content (AvgIpc) is 2.22. The fraction of sp³-hybridized carbons (Fsp3) is 0.909. The van der Waals surface area contributed by atoms with Crippen molar-refractivity contribution in [3.8, 4) is 0 Å². The van der Waals surface area contributed by atoms with Gasteiger partial charge >= 0.3 is 6.09 Å². The zero-order valence-corrected chi connectivity index (χ0v) is 9.37. The number of alkyl carbamates (subject to hydrolysis) is 1. The van der Waals surface area contributed by atoms with Crippen molar-refractivity contribution in [2.24, 2.45) is 0 Å². The lowest BCUT2D eigenvalue weighted by Gasteiger charge is -2.27. The SMILES string of the molecule is CCCCOC(=O)N[C@@H]1CCCC[C@H]1O. The van der Waals surface area contributed by atoms with Crippen LogP contribution in [0.1, 0.15) is 45.4 Å². The molecule has 1 aliphatic carbocycles. The summed E-state index contributed by atoms with van der Waals surface area (Å²) in [7, 11) is 0. The predicted octanol–water partition coefficient (Wildman–Crippen LogP) is 1.82. The predicted molar refractivity (Wildman–Crippen MR) is 57.7 cm³/mol. The van der Waals surface area contributed by atoms with Gasteiger partial charge in [-0.05, 0) is 19.3 Å². The molecule has 0 spiro atoms. The number of hydrogen-bond donors (Lipinski definition) is 2. The van der Waals surface area contributed by atoms with Gasteiger partial charge in [-0.2, -0.15) is 0 Å². The van der Waals surface area contributed by atoms with Gasteiger partial charge in [0.15, 0.2) is 0 Å². The zero-order chi connectivity index (χ0) is 11.1. The van der Waals surface area contributed by atoms with Gasteiger partial charge in [0.05, 0.1) is 18.8 Å². The van der Waals surface area contributed by atoms with Gasteiger partial charge in [0.1, 0.15) is 0 Å². The quantitative estimate of drug-likeness (QED) is 0.703. The number of rotatable bonds is 4. The Hall–Kier alpha value is -0.770.